The summed E-state index contributed by atoms with van der Waals surface area (Å²) >= 11 is 0. The van der Waals surface area contributed by atoms with E-state index in [1.165, 1.54) is 137 Å². The van der Waals surface area contributed by atoms with Crippen molar-refractivity contribution in [3.8, 4) is 44.5 Å². The number of halogens is 1. The Balaban J connectivity index is 0.918. The molecule has 8 aromatic carbocycles. The minimum atomic E-state index is -0.217. The van der Waals surface area contributed by atoms with E-state index < -0.39 is 0 Å². The van der Waals surface area contributed by atoms with Gasteiger partial charge in [-0.2, -0.15) is 0 Å². The second kappa shape index (κ2) is 15.8. The maximum atomic E-state index is 13.9. The van der Waals surface area contributed by atoms with E-state index in [4.69, 9.17) is 4.42 Å². The van der Waals surface area contributed by atoms with E-state index in [1.54, 1.807) is 12.1 Å². The van der Waals surface area contributed by atoms with Crippen LogP contribution in [0.4, 0.5) is 4.39 Å². The number of rotatable bonds is 5. The third-order valence-corrected chi connectivity index (χ3v) is 16.7. The summed E-state index contributed by atoms with van der Waals surface area (Å²) in [7, 11) is 0. The summed E-state index contributed by atoms with van der Waals surface area (Å²) < 4.78 is 20.7. The fraction of sp³-hybridized carbons (Fsp3) is 0.250. The van der Waals surface area contributed by atoms with Gasteiger partial charge in [0, 0.05) is 22.1 Å². The molecule has 1 spiro atoms. The Morgan fingerprint density at radius 3 is 1.95 bits per heavy atom. The molecule has 5 aliphatic rings. The highest BCUT2D eigenvalue weighted by Gasteiger charge is 2.44. The Labute approximate surface area is 388 Å². The first-order valence-corrected chi connectivity index (χ1v) is 24.8. The van der Waals surface area contributed by atoms with Crippen LogP contribution in [0, 0.1) is 11.7 Å². The van der Waals surface area contributed by atoms with Crippen molar-refractivity contribution in [3.63, 3.8) is 0 Å². The Kier molecular flexibility index (Phi) is 9.55. The molecule has 9 aromatic rings. The minimum Gasteiger partial charge on any atom is -0.456 e. The molecular formula is C64H55FO. The van der Waals surface area contributed by atoms with Gasteiger partial charge in [0.05, 0.1) is 0 Å². The van der Waals surface area contributed by atoms with Crippen molar-refractivity contribution in [3.05, 3.63) is 215 Å². The number of fused-ring (bicyclic) bond motifs is 11. The van der Waals surface area contributed by atoms with Crippen molar-refractivity contribution in [1.82, 2.24) is 0 Å². The zero-order valence-electron chi connectivity index (χ0n) is 37.8. The van der Waals surface area contributed by atoms with Crippen LogP contribution in [-0.2, 0) is 5.41 Å². The first-order valence-electron chi connectivity index (χ1n) is 24.8. The molecule has 0 radical (unpaired) electrons. The van der Waals surface area contributed by atoms with Crippen LogP contribution in [0.2, 0.25) is 0 Å². The molecule has 2 atom stereocenters. The van der Waals surface area contributed by atoms with Crippen LogP contribution in [0.3, 0.4) is 0 Å². The number of furan rings is 1. The Bertz CT molecular complexity index is 3300. The maximum Gasteiger partial charge on any atom is 0.136 e. The molecular weight excluding hydrogens is 804 g/mol. The molecule has 2 bridgehead atoms. The highest BCUT2D eigenvalue weighted by Crippen LogP contribution is 2.57. The number of hydrogen-bond acceptors (Lipinski definition) is 1. The Morgan fingerprint density at radius 2 is 1.14 bits per heavy atom. The van der Waals surface area contributed by atoms with Gasteiger partial charge in [-0.15, -0.1) is 0 Å². The average molecular weight is 859 g/mol. The quantitative estimate of drug-likeness (QED) is 0.157. The smallest absolute Gasteiger partial charge is 0.136 e. The summed E-state index contributed by atoms with van der Waals surface area (Å²) in [5, 5.41) is 2.28. The summed E-state index contributed by atoms with van der Waals surface area (Å²) in [6, 6.07) is 62.6. The summed E-state index contributed by atoms with van der Waals surface area (Å²) in [6.07, 6.45) is 12.8. The normalized spacial score (nSPS) is 19.9. The fourth-order valence-corrected chi connectivity index (χ4v) is 13.4. The van der Waals surface area contributed by atoms with Gasteiger partial charge in [-0.25, -0.2) is 4.39 Å². The largest absolute Gasteiger partial charge is 0.456 e. The molecule has 2 fully saturated rings. The van der Waals surface area contributed by atoms with E-state index in [1.807, 2.05) is 12.1 Å². The van der Waals surface area contributed by atoms with E-state index in [0.717, 1.165) is 39.0 Å². The predicted octanol–water partition coefficient (Wildman–Crippen LogP) is 17.9. The molecule has 0 aliphatic heterocycles. The van der Waals surface area contributed by atoms with Crippen LogP contribution in [0.1, 0.15) is 128 Å². The average Bonchev–Trinajstić information content (AvgIpc) is 3.86. The van der Waals surface area contributed by atoms with Gasteiger partial charge in [-0.05, 0) is 189 Å². The van der Waals surface area contributed by atoms with E-state index in [0.29, 0.717) is 11.8 Å². The molecule has 5 aliphatic carbocycles. The summed E-state index contributed by atoms with van der Waals surface area (Å²) in [5.41, 5.74) is 21.9. The van der Waals surface area contributed by atoms with Crippen LogP contribution in [0.25, 0.3) is 66.4 Å². The molecule has 0 saturated heterocycles. The second-order valence-electron chi connectivity index (χ2n) is 20.4. The summed E-state index contributed by atoms with van der Waals surface area (Å²) in [5.74, 6) is 1.79. The molecule has 324 valence electrons. The van der Waals surface area contributed by atoms with E-state index in [-0.39, 0.29) is 17.2 Å². The third-order valence-electron chi connectivity index (χ3n) is 16.7. The van der Waals surface area contributed by atoms with Crippen molar-refractivity contribution in [2.45, 2.75) is 94.3 Å². The van der Waals surface area contributed by atoms with Crippen LogP contribution in [-0.4, -0.2) is 0 Å². The predicted molar refractivity (Wildman–Crippen MR) is 271 cm³/mol. The van der Waals surface area contributed by atoms with Gasteiger partial charge in [-0.1, -0.05) is 154 Å². The van der Waals surface area contributed by atoms with E-state index in [2.05, 4.69) is 153 Å². The molecule has 1 nitrogen and oxygen atoms in total. The Morgan fingerprint density at radius 1 is 0.485 bits per heavy atom. The van der Waals surface area contributed by atoms with Crippen LogP contribution in [0.15, 0.2) is 174 Å². The number of benzene rings is 8. The third kappa shape index (κ3) is 6.54. The van der Waals surface area contributed by atoms with Crippen molar-refractivity contribution < 1.29 is 8.81 Å². The highest BCUT2D eigenvalue weighted by molar-refractivity contribution is 6.06. The molecule has 14 rings (SSSR count). The summed E-state index contributed by atoms with van der Waals surface area (Å²) in [6.45, 7) is 2.45. The topological polar surface area (TPSA) is 13.1 Å². The van der Waals surface area contributed by atoms with Gasteiger partial charge in [0.1, 0.15) is 17.0 Å². The maximum absolute atomic E-state index is 13.9. The fourth-order valence-electron chi connectivity index (χ4n) is 13.4. The SMILES string of the molecule is C[C@H]1CC2CCC(CC2)c2ccc(-c3ccc4c(c3)oc3ccc(C(c5ccc(-c6ccc(F)cc6)cc5)c5ccc6c(c5)C5(CCCCC5)c5ccccc5-6)cc34)cc2-c2ccccc21. The molecule has 2 saturated carbocycles. The van der Waals surface area contributed by atoms with Crippen LogP contribution >= 0.6 is 0 Å². The molecule has 66 heavy (non-hydrogen) atoms. The van der Waals surface area contributed by atoms with Gasteiger partial charge >= 0.3 is 0 Å². The molecule has 2 heteroatoms. The molecule has 1 heterocycles. The first kappa shape index (κ1) is 39.8. The van der Waals surface area contributed by atoms with Crippen molar-refractivity contribution in [1.29, 1.82) is 0 Å². The first-order chi connectivity index (χ1) is 32.5. The van der Waals surface area contributed by atoms with Crippen LogP contribution < -0.4 is 0 Å². The van der Waals surface area contributed by atoms with E-state index >= 15 is 0 Å². The standard InChI is InChI=1S/C64H55FO/c1-40-35-41-13-15-44(16-14-41)52-29-23-46(36-57(52)53-10-4-3-9-51(40)53)47-24-31-56-58-37-48(26-32-61(58)66-62(56)39-47)63(45-19-17-42(18-20-45)43-21-27-50(65)28-22-43)49-25-30-55-54-11-5-6-12-59(54)64(60(55)38-49)33-7-2-8-34-64/h3-6,9-12,17-32,36-41,44,63H,2,7-8,13-16,33-35H2,1H3/t40-,41?,44?,63?/m0/s1. The zero-order chi connectivity index (χ0) is 43.9. The van der Waals surface area contributed by atoms with Crippen molar-refractivity contribution in [2.24, 2.45) is 5.92 Å². The molecule has 0 amide bonds. The molecule has 1 unspecified atom stereocenters. The van der Waals surface area contributed by atoms with Crippen molar-refractivity contribution >= 4 is 21.9 Å². The monoisotopic (exact) mass is 858 g/mol. The highest BCUT2D eigenvalue weighted by atomic mass is 19.1. The Hall–Kier alpha value is -6.51. The lowest BCUT2D eigenvalue weighted by atomic mass is 9.67. The lowest BCUT2D eigenvalue weighted by Gasteiger charge is -2.36. The van der Waals surface area contributed by atoms with Gasteiger partial charge in [0.2, 0.25) is 0 Å². The lowest BCUT2D eigenvalue weighted by Crippen LogP contribution is -2.28. The minimum absolute atomic E-state index is 0.00605. The zero-order valence-corrected chi connectivity index (χ0v) is 37.8. The van der Waals surface area contributed by atoms with Gasteiger partial charge < -0.3 is 4.42 Å². The van der Waals surface area contributed by atoms with Gasteiger partial charge in [0.25, 0.3) is 0 Å². The van der Waals surface area contributed by atoms with Gasteiger partial charge in [0.15, 0.2) is 0 Å². The van der Waals surface area contributed by atoms with Gasteiger partial charge in [-0.3, -0.25) is 0 Å². The van der Waals surface area contributed by atoms with Crippen LogP contribution in [0.5, 0.6) is 0 Å². The lowest BCUT2D eigenvalue weighted by molar-refractivity contribution is 0.296. The second-order valence-corrected chi connectivity index (χ2v) is 20.4. The summed E-state index contributed by atoms with van der Waals surface area (Å²) in [4.78, 5) is 0. The molecule has 1 aromatic heterocycles. The van der Waals surface area contributed by atoms with E-state index in [9.17, 15) is 4.39 Å². The number of hydrogen-bond donors (Lipinski definition) is 0. The van der Waals surface area contributed by atoms with Crippen molar-refractivity contribution in [2.75, 3.05) is 0 Å². The molecule has 0 N–H and O–H groups in total.